The van der Waals surface area contributed by atoms with Crippen LogP contribution in [0.5, 0.6) is 0 Å². The molecule has 22 heavy (non-hydrogen) atoms. The predicted octanol–water partition coefficient (Wildman–Crippen LogP) is 2.94. The van der Waals surface area contributed by atoms with Gasteiger partial charge in [0.25, 0.3) is 0 Å². The Morgan fingerprint density at radius 1 is 1.27 bits per heavy atom. The molecule has 0 N–H and O–H groups in total. The van der Waals surface area contributed by atoms with Crippen molar-refractivity contribution in [3.63, 3.8) is 0 Å². The molecule has 0 aromatic heterocycles. The lowest BCUT2D eigenvalue weighted by atomic mass is 9.90. The third-order valence-electron chi connectivity index (χ3n) is 4.54. The zero-order chi connectivity index (χ0) is 15.5. The first-order chi connectivity index (χ1) is 10.7. The van der Waals surface area contributed by atoms with Gasteiger partial charge in [0.2, 0.25) is 0 Å². The molecule has 2 heterocycles. The fourth-order valence-corrected chi connectivity index (χ4v) is 3.53. The number of hydrogen-bond donors (Lipinski definition) is 0. The highest BCUT2D eigenvalue weighted by atomic mass is 16.7. The molecule has 2 aliphatic rings. The SMILES string of the molecule is CC(C)N1c2ccccc2CCC1C(=O)CCC1OCCO1. The van der Waals surface area contributed by atoms with E-state index in [1.54, 1.807) is 0 Å². The molecule has 0 spiro atoms. The lowest BCUT2D eigenvalue weighted by Crippen LogP contribution is -2.48. The van der Waals surface area contributed by atoms with E-state index >= 15 is 0 Å². The van der Waals surface area contributed by atoms with E-state index < -0.39 is 0 Å². The first-order valence-electron chi connectivity index (χ1n) is 8.29. The van der Waals surface area contributed by atoms with Gasteiger partial charge in [-0.1, -0.05) is 18.2 Å². The number of hydrogen-bond acceptors (Lipinski definition) is 4. The fraction of sp³-hybridized carbons (Fsp3) is 0.611. The second-order valence-corrected chi connectivity index (χ2v) is 6.36. The molecule has 0 bridgehead atoms. The van der Waals surface area contributed by atoms with Gasteiger partial charge in [0, 0.05) is 24.6 Å². The number of ketones is 1. The minimum absolute atomic E-state index is 0.0173. The summed E-state index contributed by atoms with van der Waals surface area (Å²) < 4.78 is 10.9. The van der Waals surface area contributed by atoms with Gasteiger partial charge in [0.15, 0.2) is 12.1 Å². The number of para-hydroxylation sites is 1. The van der Waals surface area contributed by atoms with Gasteiger partial charge >= 0.3 is 0 Å². The van der Waals surface area contributed by atoms with Crippen LogP contribution < -0.4 is 4.90 Å². The van der Waals surface area contributed by atoms with Crippen molar-refractivity contribution >= 4 is 11.5 Å². The zero-order valence-electron chi connectivity index (χ0n) is 13.5. The predicted molar refractivity (Wildman–Crippen MR) is 86.1 cm³/mol. The van der Waals surface area contributed by atoms with E-state index in [0.29, 0.717) is 37.9 Å². The Balaban J connectivity index is 1.70. The second kappa shape index (κ2) is 6.80. The van der Waals surface area contributed by atoms with Crippen molar-refractivity contribution in [2.75, 3.05) is 18.1 Å². The van der Waals surface area contributed by atoms with E-state index in [0.717, 1.165) is 12.8 Å². The molecule has 0 amide bonds. The number of carbonyl (C=O) groups excluding carboxylic acids is 1. The first kappa shape index (κ1) is 15.5. The van der Waals surface area contributed by atoms with Crippen molar-refractivity contribution in [2.45, 2.75) is 57.9 Å². The Labute approximate surface area is 132 Å². The molecule has 1 saturated heterocycles. The summed E-state index contributed by atoms with van der Waals surface area (Å²) in [5, 5.41) is 0. The van der Waals surface area contributed by atoms with Crippen LogP contribution in [0.3, 0.4) is 0 Å². The van der Waals surface area contributed by atoms with E-state index in [1.807, 2.05) is 0 Å². The van der Waals surface area contributed by atoms with Gasteiger partial charge in [-0.2, -0.15) is 0 Å². The average Bonchev–Trinajstić information content (AvgIpc) is 3.04. The molecule has 4 nitrogen and oxygen atoms in total. The molecule has 0 aliphatic carbocycles. The minimum Gasteiger partial charge on any atom is -0.359 e. The van der Waals surface area contributed by atoms with Crippen LogP contribution in [0.15, 0.2) is 24.3 Å². The second-order valence-electron chi connectivity index (χ2n) is 6.36. The van der Waals surface area contributed by atoms with Gasteiger partial charge in [0.05, 0.1) is 19.3 Å². The van der Waals surface area contributed by atoms with Crippen LogP contribution in [0, 0.1) is 0 Å². The summed E-state index contributed by atoms with van der Waals surface area (Å²) in [5.74, 6) is 0.308. The highest BCUT2D eigenvalue weighted by Gasteiger charge is 2.33. The van der Waals surface area contributed by atoms with Crippen LogP contribution in [0.4, 0.5) is 5.69 Å². The first-order valence-corrected chi connectivity index (χ1v) is 8.29. The summed E-state index contributed by atoms with van der Waals surface area (Å²) in [4.78, 5) is 15.0. The van der Waals surface area contributed by atoms with Crippen LogP contribution in [0.2, 0.25) is 0 Å². The fourth-order valence-electron chi connectivity index (χ4n) is 3.53. The number of benzene rings is 1. The van der Waals surface area contributed by atoms with Crippen molar-refractivity contribution in [1.29, 1.82) is 0 Å². The third kappa shape index (κ3) is 3.18. The number of nitrogens with zero attached hydrogens (tertiary/aromatic N) is 1. The maximum atomic E-state index is 12.7. The number of fused-ring (bicyclic) bond motifs is 1. The molecular formula is C18H25NO3. The van der Waals surface area contributed by atoms with Crippen molar-refractivity contribution in [3.05, 3.63) is 29.8 Å². The Bertz CT molecular complexity index is 523. The Kier molecular flexibility index (Phi) is 4.79. The maximum Gasteiger partial charge on any atom is 0.158 e. The monoisotopic (exact) mass is 303 g/mol. The molecule has 1 atom stereocenters. The smallest absolute Gasteiger partial charge is 0.158 e. The zero-order valence-corrected chi connectivity index (χ0v) is 13.5. The topological polar surface area (TPSA) is 38.8 Å². The Hall–Kier alpha value is -1.39. The Morgan fingerprint density at radius 3 is 2.73 bits per heavy atom. The molecule has 1 aromatic carbocycles. The minimum atomic E-state index is -0.188. The van der Waals surface area contributed by atoms with Crippen LogP contribution in [0.1, 0.15) is 38.7 Å². The summed E-state index contributed by atoms with van der Waals surface area (Å²) in [6, 6.07) is 8.74. The molecule has 4 heteroatoms. The third-order valence-corrected chi connectivity index (χ3v) is 4.54. The molecule has 1 unspecified atom stereocenters. The highest BCUT2D eigenvalue weighted by molar-refractivity contribution is 5.88. The van der Waals surface area contributed by atoms with Gasteiger partial charge in [-0.3, -0.25) is 4.79 Å². The van der Waals surface area contributed by atoms with E-state index in [4.69, 9.17) is 9.47 Å². The normalized spacial score (nSPS) is 22.1. The Morgan fingerprint density at radius 2 is 2.00 bits per heavy atom. The number of carbonyl (C=O) groups is 1. The van der Waals surface area contributed by atoms with Crippen LogP contribution in [-0.2, 0) is 20.7 Å². The number of aryl methyl sites for hydroxylation is 1. The van der Waals surface area contributed by atoms with E-state index in [9.17, 15) is 4.79 Å². The van der Waals surface area contributed by atoms with Gasteiger partial charge in [-0.15, -0.1) is 0 Å². The van der Waals surface area contributed by atoms with Gasteiger partial charge < -0.3 is 14.4 Å². The molecule has 1 aromatic rings. The molecular weight excluding hydrogens is 278 g/mol. The van der Waals surface area contributed by atoms with Gasteiger partial charge in [0.1, 0.15) is 0 Å². The van der Waals surface area contributed by atoms with Gasteiger partial charge in [-0.25, -0.2) is 0 Å². The molecule has 3 rings (SSSR count). The summed E-state index contributed by atoms with van der Waals surface area (Å²) >= 11 is 0. The number of anilines is 1. The molecule has 2 aliphatic heterocycles. The van der Waals surface area contributed by atoms with Gasteiger partial charge in [-0.05, 0) is 38.3 Å². The quantitative estimate of drug-likeness (QED) is 0.838. The van der Waals surface area contributed by atoms with Crippen molar-refractivity contribution < 1.29 is 14.3 Å². The molecule has 120 valence electrons. The lowest BCUT2D eigenvalue weighted by Gasteiger charge is -2.41. The average molecular weight is 303 g/mol. The number of rotatable bonds is 5. The number of Topliss-reactive ketones (excluding diaryl/α,β-unsaturated/α-hetero) is 1. The number of ether oxygens (including phenoxy) is 2. The summed E-state index contributed by atoms with van der Waals surface area (Å²) in [6.45, 7) is 5.61. The van der Waals surface area contributed by atoms with Crippen molar-refractivity contribution in [3.8, 4) is 0 Å². The van der Waals surface area contributed by atoms with Crippen LogP contribution >= 0.6 is 0 Å². The van der Waals surface area contributed by atoms with E-state index in [-0.39, 0.29) is 12.3 Å². The van der Waals surface area contributed by atoms with E-state index in [1.165, 1.54) is 11.3 Å². The molecule has 0 radical (unpaired) electrons. The van der Waals surface area contributed by atoms with Crippen molar-refractivity contribution in [1.82, 2.24) is 0 Å². The lowest BCUT2D eigenvalue weighted by molar-refractivity contribution is -0.123. The van der Waals surface area contributed by atoms with Crippen molar-refractivity contribution in [2.24, 2.45) is 0 Å². The molecule has 1 fully saturated rings. The van der Waals surface area contributed by atoms with E-state index in [2.05, 4.69) is 43.0 Å². The highest BCUT2D eigenvalue weighted by Crippen LogP contribution is 2.33. The summed E-state index contributed by atoms with van der Waals surface area (Å²) in [5.41, 5.74) is 2.57. The van der Waals surface area contributed by atoms with Crippen LogP contribution in [-0.4, -0.2) is 37.4 Å². The maximum absolute atomic E-state index is 12.7. The largest absolute Gasteiger partial charge is 0.359 e. The summed E-state index contributed by atoms with van der Waals surface area (Å²) in [6.07, 6.45) is 2.89. The summed E-state index contributed by atoms with van der Waals surface area (Å²) in [7, 11) is 0. The standard InChI is InChI=1S/C18H25NO3/c1-13(2)19-15-6-4-3-5-14(15)7-8-16(19)17(20)9-10-18-21-11-12-22-18/h3-6,13,16,18H,7-12H2,1-2H3. The molecule has 0 saturated carbocycles. The van der Waals surface area contributed by atoms with Crippen LogP contribution in [0.25, 0.3) is 0 Å².